The Kier molecular flexibility index (Phi) is 3.44. The van der Waals surface area contributed by atoms with Gasteiger partial charge in [-0.1, -0.05) is 48.5 Å². The monoisotopic (exact) mass is 276 g/mol. The first-order chi connectivity index (χ1) is 10.2. The molecule has 0 N–H and O–H groups in total. The molecule has 0 saturated heterocycles. The number of rotatable bonds is 3. The maximum absolute atomic E-state index is 12.9. The van der Waals surface area contributed by atoms with Gasteiger partial charge in [0.1, 0.15) is 5.75 Å². The van der Waals surface area contributed by atoms with Gasteiger partial charge in [0.25, 0.3) is 0 Å². The van der Waals surface area contributed by atoms with Crippen molar-refractivity contribution in [2.45, 2.75) is 6.92 Å². The summed E-state index contributed by atoms with van der Waals surface area (Å²) in [5.41, 5.74) is 2.40. The summed E-state index contributed by atoms with van der Waals surface area (Å²) in [5, 5.41) is 2.07. The van der Waals surface area contributed by atoms with Crippen molar-refractivity contribution in [1.82, 2.24) is 0 Å². The molecule has 0 spiro atoms. The molecule has 2 nitrogen and oxygen atoms in total. The van der Waals surface area contributed by atoms with Crippen LogP contribution in [-0.4, -0.2) is 12.9 Å². The highest BCUT2D eigenvalue weighted by Gasteiger charge is 2.15. The van der Waals surface area contributed by atoms with Crippen LogP contribution in [0.3, 0.4) is 0 Å². The van der Waals surface area contributed by atoms with Gasteiger partial charge in [-0.25, -0.2) is 0 Å². The molecule has 0 bridgehead atoms. The molecular formula is C19H16O2. The van der Waals surface area contributed by atoms with Gasteiger partial charge in [-0.2, -0.15) is 0 Å². The van der Waals surface area contributed by atoms with Crippen LogP contribution in [0.4, 0.5) is 0 Å². The molecule has 3 aromatic carbocycles. The van der Waals surface area contributed by atoms with Gasteiger partial charge < -0.3 is 4.74 Å². The standard InChI is InChI=1S/C19H16O2/c1-13-10-11-14-6-3-4-9-17(14)18(13)19(20)15-7-5-8-16(12-15)21-2/h3-12H,1-2H3. The number of hydrogen-bond donors (Lipinski definition) is 0. The average molecular weight is 276 g/mol. The zero-order valence-electron chi connectivity index (χ0n) is 12.1. The van der Waals surface area contributed by atoms with E-state index >= 15 is 0 Å². The highest BCUT2D eigenvalue weighted by molar-refractivity contribution is 6.17. The Hall–Kier alpha value is -2.61. The number of fused-ring (bicyclic) bond motifs is 1. The molecular weight excluding hydrogens is 260 g/mol. The molecule has 0 atom stereocenters. The van der Waals surface area contributed by atoms with Gasteiger partial charge in [-0.05, 0) is 35.4 Å². The number of carbonyl (C=O) groups excluding carboxylic acids is 1. The molecule has 0 amide bonds. The zero-order valence-corrected chi connectivity index (χ0v) is 12.1. The van der Waals surface area contributed by atoms with E-state index in [0.29, 0.717) is 11.3 Å². The maximum Gasteiger partial charge on any atom is 0.194 e. The highest BCUT2D eigenvalue weighted by Crippen LogP contribution is 2.25. The topological polar surface area (TPSA) is 26.3 Å². The van der Waals surface area contributed by atoms with Gasteiger partial charge in [0.2, 0.25) is 0 Å². The molecule has 0 aliphatic heterocycles. The summed E-state index contributed by atoms with van der Waals surface area (Å²) >= 11 is 0. The van der Waals surface area contributed by atoms with Gasteiger partial charge in [0, 0.05) is 11.1 Å². The van der Waals surface area contributed by atoms with Crippen LogP contribution in [0, 0.1) is 6.92 Å². The number of carbonyl (C=O) groups is 1. The Morgan fingerprint density at radius 1 is 0.952 bits per heavy atom. The molecule has 21 heavy (non-hydrogen) atoms. The van der Waals surface area contributed by atoms with E-state index in [1.165, 1.54) is 0 Å². The fourth-order valence-corrected chi connectivity index (χ4v) is 2.59. The predicted molar refractivity (Wildman–Crippen MR) is 85.1 cm³/mol. The third-order valence-corrected chi connectivity index (χ3v) is 3.70. The van der Waals surface area contributed by atoms with Crippen molar-refractivity contribution < 1.29 is 9.53 Å². The number of methoxy groups -OCH3 is 1. The lowest BCUT2D eigenvalue weighted by atomic mass is 9.93. The summed E-state index contributed by atoms with van der Waals surface area (Å²) in [4.78, 5) is 12.9. The largest absolute Gasteiger partial charge is 0.497 e. The first-order valence-electron chi connectivity index (χ1n) is 6.88. The molecule has 0 aliphatic carbocycles. The zero-order chi connectivity index (χ0) is 14.8. The predicted octanol–water partition coefficient (Wildman–Crippen LogP) is 4.39. The average Bonchev–Trinajstić information content (AvgIpc) is 2.54. The highest BCUT2D eigenvalue weighted by atomic mass is 16.5. The second kappa shape index (κ2) is 5.41. The molecule has 0 aromatic heterocycles. The van der Waals surface area contributed by atoms with Crippen LogP contribution in [0.2, 0.25) is 0 Å². The summed E-state index contributed by atoms with van der Waals surface area (Å²) in [6.07, 6.45) is 0. The molecule has 0 fully saturated rings. The van der Waals surface area contributed by atoms with Gasteiger partial charge in [-0.3, -0.25) is 4.79 Å². The second-order valence-electron chi connectivity index (χ2n) is 5.04. The van der Waals surface area contributed by atoms with Crippen LogP contribution in [0.15, 0.2) is 60.7 Å². The minimum absolute atomic E-state index is 0.0307. The number of aryl methyl sites for hydroxylation is 1. The molecule has 2 heteroatoms. The fraction of sp³-hybridized carbons (Fsp3) is 0.105. The van der Waals surface area contributed by atoms with Crippen molar-refractivity contribution in [3.63, 3.8) is 0 Å². The SMILES string of the molecule is COc1cccc(C(=O)c2c(C)ccc3ccccc23)c1. The lowest BCUT2D eigenvalue weighted by molar-refractivity contribution is 0.103. The van der Waals surface area contributed by atoms with Crippen LogP contribution < -0.4 is 4.74 Å². The Morgan fingerprint density at radius 2 is 1.76 bits per heavy atom. The van der Waals surface area contributed by atoms with Gasteiger partial charge >= 0.3 is 0 Å². The fourth-order valence-electron chi connectivity index (χ4n) is 2.59. The van der Waals surface area contributed by atoms with Crippen LogP contribution in [0.1, 0.15) is 21.5 Å². The smallest absolute Gasteiger partial charge is 0.194 e. The molecule has 0 unspecified atom stereocenters. The van der Waals surface area contributed by atoms with Crippen LogP contribution in [0.5, 0.6) is 5.75 Å². The first-order valence-corrected chi connectivity index (χ1v) is 6.88. The van der Waals surface area contributed by atoms with E-state index in [1.807, 2.05) is 61.5 Å². The molecule has 104 valence electrons. The van der Waals surface area contributed by atoms with Crippen molar-refractivity contribution in [2.75, 3.05) is 7.11 Å². The van der Waals surface area contributed by atoms with Gasteiger partial charge in [0.15, 0.2) is 5.78 Å². The van der Waals surface area contributed by atoms with Crippen LogP contribution >= 0.6 is 0 Å². The summed E-state index contributed by atoms with van der Waals surface area (Å²) < 4.78 is 5.21. The van der Waals surface area contributed by atoms with Crippen molar-refractivity contribution in [3.8, 4) is 5.75 Å². The molecule has 0 saturated carbocycles. The van der Waals surface area contributed by atoms with Gasteiger partial charge in [0.05, 0.1) is 7.11 Å². The van der Waals surface area contributed by atoms with E-state index in [1.54, 1.807) is 13.2 Å². The number of benzene rings is 3. The van der Waals surface area contributed by atoms with E-state index in [2.05, 4.69) is 0 Å². The summed E-state index contributed by atoms with van der Waals surface area (Å²) in [5.74, 6) is 0.724. The Balaban J connectivity index is 2.19. The van der Waals surface area contributed by atoms with E-state index in [0.717, 1.165) is 21.9 Å². The summed E-state index contributed by atoms with van der Waals surface area (Å²) in [6.45, 7) is 1.97. The maximum atomic E-state index is 12.9. The summed E-state index contributed by atoms with van der Waals surface area (Å²) in [6, 6.07) is 19.3. The van der Waals surface area contributed by atoms with E-state index in [4.69, 9.17) is 4.74 Å². The van der Waals surface area contributed by atoms with Crippen LogP contribution in [-0.2, 0) is 0 Å². The van der Waals surface area contributed by atoms with Crippen molar-refractivity contribution in [1.29, 1.82) is 0 Å². The third-order valence-electron chi connectivity index (χ3n) is 3.70. The Bertz CT molecular complexity index is 819. The van der Waals surface area contributed by atoms with Gasteiger partial charge in [-0.15, -0.1) is 0 Å². The number of hydrogen-bond acceptors (Lipinski definition) is 2. The normalized spacial score (nSPS) is 10.6. The molecule has 3 rings (SSSR count). The Labute approximate surface area is 124 Å². The molecule has 0 aliphatic rings. The van der Waals surface area contributed by atoms with E-state index < -0.39 is 0 Å². The van der Waals surface area contributed by atoms with Crippen molar-refractivity contribution >= 4 is 16.6 Å². The molecule has 3 aromatic rings. The van der Waals surface area contributed by atoms with Crippen LogP contribution in [0.25, 0.3) is 10.8 Å². The number of ketones is 1. The lowest BCUT2D eigenvalue weighted by Crippen LogP contribution is -2.05. The summed E-state index contributed by atoms with van der Waals surface area (Å²) in [7, 11) is 1.60. The van der Waals surface area contributed by atoms with Crippen molar-refractivity contribution in [3.05, 3.63) is 77.4 Å². The van der Waals surface area contributed by atoms with E-state index in [9.17, 15) is 4.79 Å². The Morgan fingerprint density at radius 3 is 2.57 bits per heavy atom. The third kappa shape index (κ3) is 2.40. The minimum atomic E-state index is 0.0307. The molecule has 0 radical (unpaired) electrons. The second-order valence-corrected chi connectivity index (χ2v) is 5.04. The van der Waals surface area contributed by atoms with Crippen molar-refractivity contribution in [2.24, 2.45) is 0 Å². The lowest BCUT2D eigenvalue weighted by Gasteiger charge is -2.10. The minimum Gasteiger partial charge on any atom is -0.497 e. The number of ether oxygens (including phenoxy) is 1. The molecule has 0 heterocycles. The quantitative estimate of drug-likeness (QED) is 0.663. The van der Waals surface area contributed by atoms with E-state index in [-0.39, 0.29) is 5.78 Å². The first kappa shape index (κ1) is 13.4.